The lowest BCUT2D eigenvalue weighted by Crippen LogP contribution is -2.54. The molecule has 3 fully saturated rings. The molecule has 0 spiro atoms. The van der Waals surface area contributed by atoms with Gasteiger partial charge in [0.2, 0.25) is 11.8 Å². The van der Waals surface area contributed by atoms with E-state index < -0.39 is 29.4 Å². The van der Waals surface area contributed by atoms with Gasteiger partial charge in [-0.1, -0.05) is 18.2 Å². The molecule has 2 atom stereocenters. The van der Waals surface area contributed by atoms with E-state index in [1.165, 1.54) is 24.4 Å². The first-order valence-corrected chi connectivity index (χ1v) is 18.1. The highest BCUT2D eigenvalue weighted by Gasteiger charge is 2.47. The van der Waals surface area contributed by atoms with E-state index in [9.17, 15) is 19.1 Å². The first-order valence-electron chi connectivity index (χ1n) is 18.1. The Morgan fingerprint density at radius 1 is 0.925 bits per heavy atom. The van der Waals surface area contributed by atoms with Crippen molar-refractivity contribution in [2.45, 2.75) is 74.8 Å². The molecule has 2 amide bonds. The number of nitrogens with one attached hydrogen (secondary N) is 1. The van der Waals surface area contributed by atoms with Crippen molar-refractivity contribution >= 4 is 23.3 Å². The summed E-state index contributed by atoms with van der Waals surface area (Å²) in [5.74, 6) is -4.93. The molecule has 2 aromatic carbocycles. The van der Waals surface area contributed by atoms with Crippen LogP contribution in [0.25, 0.3) is 22.5 Å². The number of aromatic hydroxyl groups is 1. The van der Waals surface area contributed by atoms with Gasteiger partial charge in [-0.3, -0.25) is 24.8 Å². The number of para-hydroxylation sites is 2. The average Bonchev–Trinajstić information content (AvgIpc) is 3.15. The molecule has 5 heterocycles. The molecule has 11 nitrogen and oxygen atoms in total. The number of phenols is 1. The van der Waals surface area contributed by atoms with Crippen LogP contribution in [0.4, 0.5) is 24.7 Å². The monoisotopic (exact) mass is 727 g/mol. The van der Waals surface area contributed by atoms with Crippen LogP contribution < -0.4 is 20.7 Å². The first kappa shape index (κ1) is 34.8. The van der Waals surface area contributed by atoms with Gasteiger partial charge in [0.15, 0.2) is 17.4 Å². The second kappa shape index (κ2) is 14.0. The number of nitrogens with two attached hydrogens (primary N) is 1. The SMILES string of the molecule is Nc1nnc(-c2cccc(F)c2O)cc1-c1cc([C@@H]2CCN(C3CCC(c4cccc5c4OCCN5C4CCC(=O)NC4=O)CC3)CC2(F)F)ccn1. The normalized spacial score (nSPS) is 24.6. The van der Waals surface area contributed by atoms with Gasteiger partial charge in [-0.15, -0.1) is 10.2 Å². The Kier molecular flexibility index (Phi) is 9.17. The van der Waals surface area contributed by atoms with Crippen molar-refractivity contribution in [1.29, 1.82) is 0 Å². The van der Waals surface area contributed by atoms with Crippen molar-refractivity contribution in [1.82, 2.24) is 25.4 Å². The molecule has 0 radical (unpaired) electrons. The van der Waals surface area contributed by atoms with E-state index in [1.54, 1.807) is 12.1 Å². The fourth-order valence-electron chi connectivity index (χ4n) is 8.63. The van der Waals surface area contributed by atoms with Gasteiger partial charge in [0.05, 0.1) is 36.1 Å². The number of carbonyl (C=O) groups excluding carboxylic acids is 2. The Bertz CT molecular complexity index is 2060. The zero-order valence-electron chi connectivity index (χ0n) is 29.0. The molecule has 2 aromatic heterocycles. The minimum atomic E-state index is -3.00. The van der Waals surface area contributed by atoms with Gasteiger partial charge in [-0.05, 0) is 98.5 Å². The Hall–Kier alpha value is -5.24. The van der Waals surface area contributed by atoms with E-state index in [0.717, 1.165) is 48.8 Å². The van der Waals surface area contributed by atoms with Crippen LogP contribution in [0.1, 0.15) is 67.9 Å². The number of nitrogen functional groups attached to an aromatic ring is 1. The van der Waals surface area contributed by atoms with E-state index >= 15 is 8.78 Å². The summed E-state index contributed by atoms with van der Waals surface area (Å²) >= 11 is 0. The molecular weight excluding hydrogens is 687 g/mol. The number of amides is 2. The molecule has 276 valence electrons. The van der Waals surface area contributed by atoms with Gasteiger partial charge >= 0.3 is 0 Å². The number of piperidine rings is 2. The maximum atomic E-state index is 16.1. The third-order valence-corrected chi connectivity index (χ3v) is 11.3. The summed E-state index contributed by atoms with van der Waals surface area (Å²) in [6.07, 6.45) is 5.73. The average molecular weight is 728 g/mol. The number of halogens is 3. The van der Waals surface area contributed by atoms with Crippen LogP contribution in [-0.2, 0) is 9.59 Å². The predicted molar refractivity (Wildman–Crippen MR) is 191 cm³/mol. The minimum absolute atomic E-state index is 0.0284. The molecule has 8 rings (SSSR count). The molecule has 1 unspecified atom stereocenters. The van der Waals surface area contributed by atoms with Gasteiger partial charge in [0.25, 0.3) is 5.92 Å². The third kappa shape index (κ3) is 6.64. The Balaban J connectivity index is 0.939. The summed E-state index contributed by atoms with van der Waals surface area (Å²) in [6, 6.07) is 14.4. The van der Waals surface area contributed by atoms with Crippen LogP contribution in [-0.4, -0.2) is 81.2 Å². The number of hydrogen-bond donors (Lipinski definition) is 3. The van der Waals surface area contributed by atoms with Gasteiger partial charge < -0.3 is 20.5 Å². The summed E-state index contributed by atoms with van der Waals surface area (Å²) in [5.41, 5.74) is 9.48. The number of alkyl halides is 2. The number of nitrogens with zero attached hydrogens (tertiary/aromatic N) is 5. The van der Waals surface area contributed by atoms with Crippen LogP contribution >= 0.6 is 0 Å². The molecule has 3 aliphatic heterocycles. The Labute approximate surface area is 304 Å². The third-order valence-electron chi connectivity index (χ3n) is 11.3. The van der Waals surface area contributed by atoms with Gasteiger partial charge in [0.1, 0.15) is 18.4 Å². The molecule has 4 N–H and O–H groups in total. The number of rotatable bonds is 6. The van der Waals surface area contributed by atoms with Crippen LogP contribution in [0.2, 0.25) is 0 Å². The van der Waals surface area contributed by atoms with Crippen LogP contribution in [0.3, 0.4) is 0 Å². The van der Waals surface area contributed by atoms with E-state index in [4.69, 9.17) is 10.5 Å². The summed E-state index contributed by atoms with van der Waals surface area (Å²) in [4.78, 5) is 32.8. The van der Waals surface area contributed by atoms with Crippen molar-refractivity contribution in [3.8, 4) is 34.0 Å². The van der Waals surface area contributed by atoms with Crippen molar-refractivity contribution in [3.05, 3.63) is 77.7 Å². The molecule has 14 heteroatoms. The van der Waals surface area contributed by atoms with E-state index in [2.05, 4.69) is 26.6 Å². The van der Waals surface area contributed by atoms with E-state index in [1.807, 2.05) is 21.9 Å². The second-order valence-corrected chi connectivity index (χ2v) is 14.4. The number of benzene rings is 2. The van der Waals surface area contributed by atoms with E-state index in [0.29, 0.717) is 49.4 Å². The number of imide groups is 1. The lowest BCUT2D eigenvalue weighted by atomic mass is 9.79. The number of aromatic nitrogens is 3. The van der Waals surface area contributed by atoms with Crippen molar-refractivity contribution in [3.63, 3.8) is 0 Å². The number of phenolic OH excluding ortho intramolecular Hbond substituents is 1. The topological polar surface area (TPSA) is 147 Å². The largest absolute Gasteiger partial charge is 0.504 e. The minimum Gasteiger partial charge on any atom is -0.504 e. The van der Waals surface area contributed by atoms with Crippen molar-refractivity contribution in [2.75, 3.05) is 36.9 Å². The first-order chi connectivity index (χ1) is 25.6. The maximum Gasteiger partial charge on any atom is 0.267 e. The van der Waals surface area contributed by atoms with Crippen molar-refractivity contribution < 1.29 is 32.6 Å². The molecular formula is C39H40F3N7O4. The standard InChI is InChI=1S/C39H40F3N7O4/c40-29-5-1-4-26(35(29)51)31-20-27(37(43)47-46-31)30-19-23(13-15-44-30)28-14-16-48(21-39(28,41)42)24-9-7-22(8-10-24)25-3-2-6-32-36(25)53-18-17-49(32)33-11-12-34(50)45-38(33)52/h1-6,13,15,19-20,22,24,28,33,51H,7-12,14,16-18,21H2,(H2,43,47)(H,45,50,52)/t22?,24?,28-,33?/m0/s1. The van der Waals surface area contributed by atoms with Gasteiger partial charge in [-0.25, -0.2) is 13.2 Å². The summed E-state index contributed by atoms with van der Waals surface area (Å²) in [6.45, 7) is 1.17. The molecule has 4 aromatic rings. The number of anilines is 2. The molecule has 1 aliphatic carbocycles. The number of ether oxygens (including phenoxy) is 1. The lowest BCUT2D eigenvalue weighted by molar-refractivity contribution is -0.134. The molecule has 1 saturated carbocycles. The quantitative estimate of drug-likeness (QED) is 0.209. The van der Waals surface area contributed by atoms with Crippen molar-refractivity contribution in [2.24, 2.45) is 0 Å². The zero-order valence-corrected chi connectivity index (χ0v) is 29.0. The second-order valence-electron chi connectivity index (χ2n) is 14.4. The number of fused-ring (bicyclic) bond motifs is 1. The maximum absolute atomic E-state index is 16.1. The number of pyridine rings is 1. The van der Waals surface area contributed by atoms with Gasteiger partial charge in [-0.2, -0.15) is 0 Å². The highest BCUT2D eigenvalue weighted by Crippen LogP contribution is 2.47. The number of carbonyl (C=O) groups is 2. The fourth-order valence-corrected chi connectivity index (χ4v) is 8.63. The van der Waals surface area contributed by atoms with E-state index in [-0.39, 0.29) is 53.8 Å². The Morgan fingerprint density at radius 2 is 1.74 bits per heavy atom. The molecule has 2 saturated heterocycles. The highest BCUT2D eigenvalue weighted by atomic mass is 19.3. The van der Waals surface area contributed by atoms with Crippen LogP contribution in [0.15, 0.2) is 60.8 Å². The summed E-state index contributed by atoms with van der Waals surface area (Å²) < 4.78 is 52.4. The number of likely N-dealkylation sites (tertiary alicyclic amines) is 1. The highest BCUT2D eigenvalue weighted by molar-refractivity contribution is 6.02. The summed E-state index contributed by atoms with van der Waals surface area (Å²) in [7, 11) is 0. The van der Waals surface area contributed by atoms with Crippen LogP contribution in [0.5, 0.6) is 11.5 Å². The lowest BCUT2D eigenvalue weighted by Gasteiger charge is -2.44. The smallest absolute Gasteiger partial charge is 0.267 e. The number of hydrogen-bond acceptors (Lipinski definition) is 10. The van der Waals surface area contributed by atoms with Gasteiger partial charge in [0, 0.05) is 29.8 Å². The Morgan fingerprint density at radius 3 is 2.53 bits per heavy atom. The van der Waals surface area contributed by atoms with Crippen LogP contribution in [0, 0.1) is 5.82 Å². The summed E-state index contributed by atoms with van der Waals surface area (Å²) in [5, 5.41) is 20.7. The predicted octanol–water partition coefficient (Wildman–Crippen LogP) is 5.79. The fraction of sp³-hybridized carbons (Fsp3) is 0.410. The molecule has 53 heavy (non-hydrogen) atoms. The molecule has 4 aliphatic rings. The molecule has 0 bridgehead atoms. The zero-order chi connectivity index (χ0) is 36.9.